The Kier molecular flexibility index (Phi) is 5.15. The number of rotatable bonds is 5. The highest BCUT2D eigenvalue weighted by Gasteiger charge is 2.31. The van der Waals surface area contributed by atoms with Gasteiger partial charge in [-0.2, -0.15) is 0 Å². The third-order valence-electron chi connectivity index (χ3n) is 4.16. The van der Waals surface area contributed by atoms with Crippen LogP contribution in [0.5, 0.6) is 0 Å². The average Bonchev–Trinajstić information content (AvgIpc) is 3.05. The Morgan fingerprint density at radius 1 is 1.33 bits per heavy atom. The molecule has 1 aliphatic heterocycles. The summed E-state index contributed by atoms with van der Waals surface area (Å²) in [6, 6.07) is 5.71. The first kappa shape index (κ1) is 16.5. The molecule has 0 bridgehead atoms. The largest absolute Gasteiger partial charge is 0.332 e. The number of pyridine rings is 1. The monoisotopic (exact) mass is 325 g/mol. The molecule has 126 valence electrons. The van der Waals surface area contributed by atoms with E-state index in [-0.39, 0.29) is 11.9 Å². The Hall–Kier alpha value is -2.34. The second-order valence-corrected chi connectivity index (χ2v) is 6.43. The zero-order chi connectivity index (χ0) is 16.9. The molecule has 2 aromatic rings. The summed E-state index contributed by atoms with van der Waals surface area (Å²) in [5, 5.41) is 0. The van der Waals surface area contributed by atoms with Gasteiger partial charge in [0.05, 0.1) is 18.2 Å². The van der Waals surface area contributed by atoms with Gasteiger partial charge in [0.2, 0.25) is 5.91 Å². The SMILES string of the molecule is CN(C)Cc1ccnc(C2CCCN2C(=O)Cc2cccnc2)n1. The molecule has 6 nitrogen and oxygen atoms in total. The van der Waals surface area contributed by atoms with E-state index in [1.807, 2.05) is 37.2 Å². The summed E-state index contributed by atoms with van der Waals surface area (Å²) in [6.07, 6.45) is 7.55. The molecule has 0 aromatic carbocycles. The molecular weight excluding hydrogens is 302 g/mol. The molecule has 24 heavy (non-hydrogen) atoms. The molecular formula is C18H23N5O. The Balaban J connectivity index is 1.74. The maximum absolute atomic E-state index is 12.7. The van der Waals surface area contributed by atoms with Crippen molar-refractivity contribution in [2.24, 2.45) is 0 Å². The molecule has 1 unspecified atom stereocenters. The molecule has 1 aliphatic rings. The molecule has 3 heterocycles. The lowest BCUT2D eigenvalue weighted by atomic mass is 10.1. The molecule has 6 heteroatoms. The number of hydrogen-bond acceptors (Lipinski definition) is 5. The minimum Gasteiger partial charge on any atom is -0.332 e. The molecule has 2 aromatic heterocycles. The van der Waals surface area contributed by atoms with Gasteiger partial charge in [-0.05, 0) is 44.6 Å². The van der Waals surface area contributed by atoms with Crippen molar-refractivity contribution in [2.75, 3.05) is 20.6 Å². The van der Waals surface area contributed by atoms with E-state index in [1.165, 1.54) is 0 Å². The maximum atomic E-state index is 12.7. The standard InChI is InChI=1S/C18H23N5O/c1-22(2)13-15-7-9-20-18(21-15)16-6-4-10-23(16)17(24)11-14-5-3-8-19-12-14/h3,5,7-9,12,16H,4,6,10-11,13H2,1-2H3. The van der Waals surface area contributed by atoms with Crippen molar-refractivity contribution in [1.29, 1.82) is 0 Å². The molecule has 0 N–H and O–H groups in total. The quantitative estimate of drug-likeness (QED) is 0.839. The zero-order valence-electron chi connectivity index (χ0n) is 14.2. The lowest BCUT2D eigenvalue weighted by molar-refractivity contribution is -0.131. The highest BCUT2D eigenvalue weighted by atomic mass is 16.2. The first-order valence-electron chi connectivity index (χ1n) is 8.28. The molecule has 1 saturated heterocycles. The number of aromatic nitrogens is 3. The predicted molar refractivity (Wildman–Crippen MR) is 91.1 cm³/mol. The van der Waals surface area contributed by atoms with E-state index in [0.717, 1.165) is 43.0 Å². The smallest absolute Gasteiger partial charge is 0.227 e. The van der Waals surface area contributed by atoms with Gasteiger partial charge in [-0.3, -0.25) is 9.78 Å². The Bertz CT molecular complexity index is 689. The first-order chi connectivity index (χ1) is 11.6. The van der Waals surface area contributed by atoms with Crippen LogP contribution in [0.1, 0.15) is 36.0 Å². The summed E-state index contributed by atoms with van der Waals surface area (Å²) in [7, 11) is 4.03. The molecule has 1 atom stereocenters. The maximum Gasteiger partial charge on any atom is 0.227 e. The van der Waals surface area contributed by atoms with Crippen LogP contribution in [0, 0.1) is 0 Å². The minimum atomic E-state index is -0.0173. The van der Waals surface area contributed by atoms with Gasteiger partial charge in [0.15, 0.2) is 5.82 Å². The first-order valence-corrected chi connectivity index (χ1v) is 8.28. The number of hydrogen-bond donors (Lipinski definition) is 0. The van der Waals surface area contributed by atoms with Crippen molar-refractivity contribution >= 4 is 5.91 Å². The minimum absolute atomic E-state index is 0.0173. The lowest BCUT2D eigenvalue weighted by Crippen LogP contribution is -2.32. The second kappa shape index (κ2) is 7.49. The highest BCUT2D eigenvalue weighted by molar-refractivity contribution is 5.79. The molecule has 0 saturated carbocycles. The van der Waals surface area contributed by atoms with Crippen molar-refractivity contribution in [3.8, 4) is 0 Å². The van der Waals surface area contributed by atoms with Gasteiger partial charge in [0, 0.05) is 31.7 Å². The summed E-state index contributed by atoms with van der Waals surface area (Å²) in [4.78, 5) is 29.9. The Morgan fingerprint density at radius 3 is 2.96 bits per heavy atom. The third kappa shape index (κ3) is 3.94. The van der Waals surface area contributed by atoms with Crippen LogP contribution >= 0.6 is 0 Å². The normalized spacial score (nSPS) is 17.5. The average molecular weight is 325 g/mol. The second-order valence-electron chi connectivity index (χ2n) is 6.43. The van der Waals surface area contributed by atoms with Crippen molar-refractivity contribution in [3.05, 3.63) is 53.9 Å². The van der Waals surface area contributed by atoms with E-state index in [4.69, 9.17) is 0 Å². The number of likely N-dealkylation sites (tertiary alicyclic amines) is 1. The number of nitrogens with zero attached hydrogens (tertiary/aromatic N) is 5. The van der Waals surface area contributed by atoms with Crippen LogP contribution in [0.25, 0.3) is 0 Å². The number of carbonyl (C=O) groups is 1. The van der Waals surface area contributed by atoms with Gasteiger partial charge in [-0.25, -0.2) is 9.97 Å². The fraction of sp³-hybridized carbons (Fsp3) is 0.444. The molecule has 0 spiro atoms. The van der Waals surface area contributed by atoms with E-state index < -0.39 is 0 Å². The van der Waals surface area contributed by atoms with Crippen LogP contribution in [-0.2, 0) is 17.8 Å². The van der Waals surface area contributed by atoms with Crippen LogP contribution < -0.4 is 0 Å². The van der Waals surface area contributed by atoms with Crippen molar-refractivity contribution in [1.82, 2.24) is 24.8 Å². The van der Waals surface area contributed by atoms with Crippen molar-refractivity contribution in [3.63, 3.8) is 0 Å². The zero-order valence-corrected chi connectivity index (χ0v) is 14.2. The van der Waals surface area contributed by atoms with Gasteiger partial charge in [-0.1, -0.05) is 6.07 Å². The van der Waals surface area contributed by atoms with E-state index in [0.29, 0.717) is 6.42 Å². The van der Waals surface area contributed by atoms with E-state index in [1.54, 1.807) is 18.6 Å². The lowest BCUT2D eigenvalue weighted by Gasteiger charge is -2.24. The summed E-state index contributed by atoms with van der Waals surface area (Å²) >= 11 is 0. The van der Waals surface area contributed by atoms with E-state index >= 15 is 0 Å². The van der Waals surface area contributed by atoms with Crippen LogP contribution in [-0.4, -0.2) is 51.3 Å². The van der Waals surface area contributed by atoms with Crippen LogP contribution in [0.3, 0.4) is 0 Å². The van der Waals surface area contributed by atoms with Gasteiger partial charge in [0.25, 0.3) is 0 Å². The summed E-state index contributed by atoms with van der Waals surface area (Å²) in [6.45, 7) is 1.54. The number of carbonyl (C=O) groups excluding carboxylic acids is 1. The predicted octanol–water partition coefficient (Wildman–Crippen LogP) is 1.84. The fourth-order valence-corrected chi connectivity index (χ4v) is 3.10. The van der Waals surface area contributed by atoms with Crippen LogP contribution in [0.15, 0.2) is 36.8 Å². The third-order valence-corrected chi connectivity index (χ3v) is 4.16. The Morgan fingerprint density at radius 2 is 2.21 bits per heavy atom. The summed E-state index contributed by atoms with van der Waals surface area (Å²) in [5.74, 6) is 0.874. The molecule has 3 rings (SSSR count). The Labute approximate surface area is 142 Å². The summed E-state index contributed by atoms with van der Waals surface area (Å²) < 4.78 is 0. The molecule has 0 radical (unpaired) electrons. The van der Waals surface area contributed by atoms with Gasteiger partial charge in [0.1, 0.15) is 0 Å². The van der Waals surface area contributed by atoms with E-state index in [2.05, 4.69) is 19.9 Å². The highest BCUT2D eigenvalue weighted by Crippen LogP contribution is 2.30. The van der Waals surface area contributed by atoms with Crippen LogP contribution in [0.2, 0.25) is 0 Å². The van der Waals surface area contributed by atoms with Crippen LogP contribution in [0.4, 0.5) is 0 Å². The van der Waals surface area contributed by atoms with Gasteiger partial charge >= 0.3 is 0 Å². The fourth-order valence-electron chi connectivity index (χ4n) is 3.10. The molecule has 1 fully saturated rings. The molecule has 1 amide bonds. The van der Waals surface area contributed by atoms with Gasteiger partial charge in [-0.15, -0.1) is 0 Å². The number of amides is 1. The summed E-state index contributed by atoms with van der Waals surface area (Å²) in [5.41, 5.74) is 1.92. The van der Waals surface area contributed by atoms with Gasteiger partial charge < -0.3 is 9.80 Å². The molecule has 0 aliphatic carbocycles. The van der Waals surface area contributed by atoms with E-state index in [9.17, 15) is 4.79 Å². The van der Waals surface area contributed by atoms with Crippen molar-refractivity contribution < 1.29 is 4.79 Å². The topological polar surface area (TPSA) is 62.2 Å². The van der Waals surface area contributed by atoms with Crippen molar-refractivity contribution in [2.45, 2.75) is 31.8 Å².